The topological polar surface area (TPSA) is 370 Å². The number of hydrogen-bond acceptors (Lipinski definition) is 14. The predicted molar refractivity (Wildman–Crippen MR) is 228 cm³/mol. The van der Waals surface area contributed by atoms with Crippen LogP contribution in [0.15, 0.2) is 46.3 Å². The van der Waals surface area contributed by atoms with Gasteiger partial charge in [-0.1, -0.05) is 6.92 Å². The van der Waals surface area contributed by atoms with Crippen molar-refractivity contribution in [1.29, 1.82) is 0 Å². The molecule has 0 radical (unpaired) electrons. The van der Waals surface area contributed by atoms with Crippen LogP contribution in [-0.2, 0) is 40.1 Å². The lowest BCUT2D eigenvalue weighted by molar-refractivity contribution is -0.135. The Balaban J connectivity index is 1.56. The summed E-state index contributed by atoms with van der Waals surface area (Å²) in [5.74, 6) is -4.11. The maximum Gasteiger partial charge on any atom is 0.277 e. The first-order valence-corrected chi connectivity index (χ1v) is 19.7. The molecule has 6 amide bonds. The van der Waals surface area contributed by atoms with Crippen LogP contribution in [0, 0.1) is 0 Å². The number of nitrogen functional groups attached to an aromatic ring is 1. The molecule has 0 bridgehead atoms. The van der Waals surface area contributed by atoms with Gasteiger partial charge in [-0.25, -0.2) is 4.98 Å². The molecule has 23 heteroatoms. The highest BCUT2D eigenvalue weighted by Gasteiger charge is 2.31. The van der Waals surface area contributed by atoms with Crippen LogP contribution < -0.4 is 60.0 Å². The molecule has 3 rings (SSSR count). The molecule has 14 N–H and O–H groups in total. The fourth-order valence-corrected chi connectivity index (χ4v) is 5.86. The zero-order valence-corrected chi connectivity index (χ0v) is 34.6. The number of fused-ring (bicyclic) bond motifs is 1. The predicted octanol–water partition coefficient (Wildman–Crippen LogP) is -2.26. The number of hydrogen-bond donors (Lipinski definition) is 11. The van der Waals surface area contributed by atoms with Gasteiger partial charge in [-0.2, -0.15) is 0 Å². The molecule has 0 fully saturated rings. The Morgan fingerprint density at radius 2 is 1.45 bits per heavy atom. The summed E-state index contributed by atoms with van der Waals surface area (Å²) in [5.41, 5.74) is 18.0. The first kappa shape index (κ1) is 48.9. The van der Waals surface area contributed by atoms with Crippen molar-refractivity contribution in [3.8, 4) is 0 Å². The standard InChI is InChI=1S/C39H54N14O9/c1-4-25(34(58)43-3)50-37(61)28(14-17-55)52-35(59)26(6-5-15-44-39(41)42)51-36(60)27(13-16-54)49-31(56)12-7-21(2)47-33(57)22-8-10-23(11-9-22)45-19-24-20-46-29-18-30(40)53-38(62)32(29)48-24/h8-11,16-18,20-21,25-28,45H,4-7,12-15,19H2,1-3H3,(H,43,58)(H,47,57)(H,49,56)(H,50,61)(H,51,60)(H,52,59)(H3,40,53,62)(H4,41,42,44)/t21-,25+,26+,27+,28+/m1/s1. The number of pyridine rings is 1. The van der Waals surface area contributed by atoms with Crippen LogP contribution in [0.25, 0.3) is 11.0 Å². The van der Waals surface area contributed by atoms with E-state index in [2.05, 4.69) is 57.2 Å². The Kier molecular flexibility index (Phi) is 19.4. The molecule has 0 aliphatic carbocycles. The largest absolute Gasteiger partial charge is 0.385 e. The maximum atomic E-state index is 13.5. The molecule has 0 aliphatic rings. The third-order valence-corrected chi connectivity index (χ3v) is 9.23. The summed E-state index contributed by atoms with van der Waals surface area (Å²) in [6.45, 7) is 3.65. The highest BCUT2D eigenvalue weighted by atomic mass is 16.2. The van der Waals surface area contributed by atoms with Gasteiger partial charge in [0.1, 0.15) is 42.6 Å². The number of aldehydes is 2. The van der Waals surface area contributed by atoms with Crippen molar-refractivity contribution in [3.05, 3.63) is 58.1 Å². The first-order chi connectivity index (χ1) is 29.6. The van der Waals surface area contributed by atoms with E-state index in [4.69, 9.17) is 17.2 Å². The average molecular weight is 863 g/mol. The number of carbonyl (C=O) groups excluding carboxylic acids is 8. The van der Waals surface area contributed by atoms with Crippen molar-refractivity contribution >= 4 is 76.5 Å². The van der Waals surface area contributed by atoms with E-state index in [1.165, 1.54) is 19.3 Å². The van der Waals surface area contributed by atoms with Crippen molar-refractivity contribution < 1.29 is 38.4 Å². The van der Waals surface area contributed by atoms with Gasteiger partial charge in [0.25, 0.3) is 11.5 Å². The molecule has 0 unspecified atom stereocenters. The van der Waals surface area contributed by atoms with E-state index < -0.39 is 84.1 Å². The Morgan fingerprint density at radius 3 is 2.06 bits per heavy atom. The summed E-state index contributed by atoms with van der Waals surface area (Å²) in [7, 11) is 1.39. The molecule has 5 atom stereocenters. The molecule has 62 heavy (non-hydrogen) atoms. The van der Waals surface area contributed by atoms with Crippen molar-refractivity contribution in [3.63, 3.8) is 0 Å². The summed E-state index contributed by atoms with van der Waals surface area (Å²) >= 11 is 0. The van der Waals surface area contributed by atoms with E-state index in [-0.39, 0.29) is 62.5 Å². The number of aromatic amines is 1. The summed E-state index contributed by atoms with van der Waals surface area (Å²) in [6, 6.07) is 2.51. The van der Waals surface area contributed by atoms with Crippen LogP contribution in [0.2, 0.25) is 0 Å². The fraction of sp³-hybridized carbons (Fsp3) is 0.436. The SMILES string of the molecule is CC[C@H](NC(=O)[C@H](CC=O)NC(=O)[C@H](CCCN=C(N)N)NC(=O)[C@H](CC=O)NC(=O)CC[C@@H](C)NC(=O)c1ccc(NCc2cnc3cc(N)[nH]c(=O)c3n2)cc1)C(=O)NC. The van der Waals surface area contributed by atoms with E-state index in [9.17, 15) is 43.2 Å². The third kappa shape index (κ3) is 15.6. The zero-order valence-electron chi connectivity index (χ0n) is 34.6. The lowest BCUT2D eigenvalue weighted by Crippen LogP contribution is -2.58. The van der Waals surface area contributed by atoms with Gasteiger partial charge in [-0.05, 0) is 56.9 Å². The molecule has 0 aliphatic heterocycles. The van der Waals surface area contributed by atoms with Gasteiger partial charge < -0.3 is 69.0 Å². The van der Waals surface area contributed by atoms with Crippen LogP contribution in [0.5, 0.6) is 0 Å². The lowest BCUT2D eigenvalue weighted by atomic mass is 10.1. The second kappa shape index (κ2) is 24.6. The number of aliphatic imine (C=N–C) groups is 1. The smallest absolute Gasteiger partial charge is 0.277 e. The molecule has 2 aromatic heterocycles. The van der Waals surface area contributed by atoms with Crippen LogP contribution in [0.4, 0.5) is 11.5 Å². The lowest BCUT2D eigenvalue weighted by Gasteiger charge is -2.25. The minimum absolute atomic E-state index is 0.0574. The van der Waals surface area contributed by atoms with Crippen LogP contribution in [0.1, 0.15) is 74.8 Å². The van der Waals surface area contributed by atoms with E-state index >= 15 is 0 Å². The van der Waals surface area contributed by atoms with Gasteiger partial charge in [-0.15, -0.1) is 0 Å². The van der Waals surface area contributed by atoms with Crippen LogP contribution in [-0.4, -0.2) is 113 Å². The molecule has 0 saturated carbocycles. The number of anilines is 2. The molecule has 0 saturated heterocycles. The molecule has 3 aromatic rings. The quantitative estimate of drug-likeness (QED) is 0.0185. The first-order valence-electron chi connectivity index (χ1n) is 19.7. The molecule has 2 heterocycles. The second-order valence-electron chi connectivity index (χ2n) is 14.1. The molecule has 0 spiro atoms. The van der Waals surface area contributed by atoms with Gasteiger partial charge in [0.2, 0.25) is 29.5 Å². The Labute approximate surface area is 356 Å². The monoisotopic (exact) mass is 862 g/mol. The van der Waals surface area contributed by atoms with E-state index in [1.807, 2.05) is 0 Å². The fourth-order valence-electron chi connectivity index (χ4n) is 5.86. The highest BCUT2D eigenvalue weighted by molar-refractivity contribution is 5.97. The van der Waals surface area contributed by atoms with Gasteiger partial charge in [-0.3, -0.25) is 43.5 Å². The van der Waals surface area contributed by atoms with Crippen LogP contribution in [0.3, 0.4) is 0 Å². The normalized spacial score (nSPS) is 13.1. The Morgan fingerprint density at radius 1 is 0.839 bits per heavy atom. The van der Waals surface area contributed by atoms with E-state index in [1.54, 1.807) is 38.1 Å². The minimum Gasteiger partial charge on any atom is -0.385 e. The number of nitrogens with one attached hydrogen (secondary N) is 8. The number of nitrogens with two attached hydrogens (primary N) is 3. The number of likely N-dealkylation sites (N-methyl/N-ethyl adjacent to an activating group) is 1. The minimum atomic E-state index is -1.40. The number of guanidine groups is 1. The maximum absolute atomic E-state index is 13.5. The number of carbonyl (C=O) groups is 8. The average Bonchev–Trinajstić information content (AvgIpc) is 3.24. The van der Waals surface area contributed by atoms with Crippen molar-refractivity contribution in [1.82, 2.24) is 46.9 Å². The summed E-state index contributed by atoms with van der Waals surface area (Å²) in [5, 5.41) is 18.3. The van der Waals surface area contributed by atoms with Crippen LogP contribution >= 0.6 is 0 Å². The molecule has 334 valence electrons. The highest BCUT2D eigenvalue weighted by Crippen LogP contribution is 2.13. The zero-order chi connectivity index (χ0) is 45.8. The van der Waals surface area contributed by atoms with E-state index in [0.717, 1.165) is 0 Å². The van der Waals surface area contributed by atoms with Gasteiger partial charge >= 0.3 is 0 Å². The molecule has 23 nitrogen and oxygen atoms in total. The van der Waals surface area contributed by atoms with Crippen molar-refractivity contribution in [2.24, 2.45) is 16.5 Å². The van der Waals surface area contributed by atoms with Crippen molar-refractivity contribution in [2.75, 3.05) is 24.6 Å². The number of H-pyrrole nitrogens is 1. The van der Waals surface area contributed by atoms with E-state index in [0.29, 0.717) is 35.0 Å². The second-order valence-corrected chi connectivity index (χ2v) is 14.1. The summed E-state index contributed by atoms with van der Waals surface area (Å²) in [4.78, 5) is 128. The third-order valence-electron chi connectivity index (χ3n) is 9.23. The number of amides is 6. The van der Waals surface area contributed by atoms with Gasteiger partial charge in [0.05, 0.1) is 24.0 Å². The summed E-state index contributed by atoms with van der Waals surface area (Å²) in [6.07, 6.45) is 1.79. The van der Waals surface area contributed by atoms with Gasteiger partial charge in [0.15, 0.2) is 11.5 Å². The number of rotatable bonds is 25. The number of aromatic nitrogens is 3. The summed E-state index contributed by atoms with van der Waals surface area (Å²) < 4.78 is 0. The molecular weight excluding hydrogens is 809 g/mol. The van der Waals surface area contributed by atoms with Gasteiger partial charge in [0, 0.05) is 56.2 Å². The number of nitrogens with zero attached hydrogens (tertiary/aromatic N) is 3. The molecule has 1 aromatic carbocycles. The molecular formula is C39H54N14O9. The van der Waals surface area contributed by atoms with Crippen molar-refractivity contribution in [2.45, 2.75) is 95.5 Å². The Hall–Kier alpha value is -7.46. The number of benzene rings is 1. The Bertz CT molecular complexity index is 2160.